The number of carbonyl (C=O) groups is 2. The second kappa shape index (κ2) is 4.05. The van der Waals surface area contributed by atoms with Crippen molar-refractivity contribution >= 4 is 27.4 Å². The average molecular weight is 295 g/mol. The predicted octanol–water partition coefficient (Wildman–Crippen LogP) is 0.979. The van der Waals surface area contributed by atoms with Crippen LogP contribution in [-0.4, -0.2) is 33.2 Å². The van der Waals surface area contributed by atoms with Crippen LogP contribution >= 0.6 is 0 Å². The molecular weight excluding hydrogens is 282 g/mol. The first-order valence-electron chi connectivity index (χ1n) is 6.15. The maximum Gasteiger partial charge on any atom is 0.340 e. The van der Waals surface area contributed by atoms with Gasteiger partial charge in [0.2, 0.25) is 5.91 Å². The quantitative estimate of drug-likeness (QED) is 0.780. The Kier molecular flexibility index (Phi) is 2.66. The summed E-state index contributed by atoms with van der Waals surface area (Å²) >= 11 is 0. The Bertz CT molecular complexity index is 718. The van der Waals surface area contributed by atoms with E-state index in [1.165, 1.54) is 25.3 Å². The zero-order chi connectivity index (χ0) is 14.5. The van der Waals surface area contributed by atoms with Crippen molar-refractivity contribution in [2.24, 2.45) is 5.41 Å². The minimum absolute atomic E-state index is 0.0162. The van der Waals surface area contributed by atoms with Crippen LogP contribution in [0.2, 0.25) is 0 Å². The van der Waals surface area contributed by atoms with E-state index in [9.17, 15) is 18.0 Å². The van der Waals surface area contributed by atoms with Crippen molar-refractivity contribution in [2.45, 2.75) is 17.7 Å². The Hall–Kier alpha value is -1.89. The predicted molar refractivity (Wildman–Crippen MR) is 70.1 cm³/mol. The van der Waals surface area contributed by atoms with Crippen molar-refractivity contribution in [3.05, 3.63) is 23.8 Å². The van der Waals surface area contributed by atoms with Gasteiger partial charge in [0.15, 0.2) is 9.84 Å². The van der Waals surface area contributed by atoms with Crippen molar-refractivity contribution in [1.29, 1.82) is 0 Å². The van der Waals surface area contributed by atoms with Gasteiger partial charge < -0.3 is 10.1 Å². The summed E-state index contributed by atoms with van der Waals surface area (Å²) in [6.07, 6.45) is 1.11. The number of esters is 1. The fourth-order valence-electron chi connectivity index (χ4n) is 2.47. The van der Waals surface area contributed by atoms with Gasteiger partial charge in [-0.05, 0) is 25.0 Å². The van der Waals surface area contributed by atoms with E-state index < -0.39 is 21.2 Å². The lowest BCUT2D eigenvalue weighted by Crippen LogP contribution is -2.27. The maximum atomic E-state index is 12.4. The first kappa shape index (κ1) is 13.1. The van der Waals surface area contributed by atoms with Crippen LogP contribution in [0.5, 0.6) is 0 Å². The second-order valence-electron chi connectivity index (χ2n) is 5.16. The summed E-state index contributed by atoms with van der Waals surface area (Å²) in [6, 6.07) is 4.31. The molecule has 3 rings (SSSR count). The molecule has 1 fully saturated rings. The molecule has 1 heterocycles. The lowest BCUT2D eigenvalue weighted by molar-refractivity contribution is -0.120. The molecule has 1 N–H and O–H groups in total. The Morgan fingerprint density at radius 3 is 2.65 bits per heavy atom. The van der Waals surface area contributed by atoms with E-state index in [1.54, 1.807) is 0 Å². The molecule has 106 valence electrons. The van der Waals surface area contributed by atoms with E-state index in [-0.39, 0.29) is 27.8 Å². The number of carbonyl (C=O) groups excluding carboxylic acids is 2. The van der Waals surface area contributed by atoms with Crippen LogP contribution in [0, 0.1) is 5.41 Å². The summed E-state index contributed by atoms with van der Waals surface area (Å²) in [5, 5.41) is 2.60. The van der Waals surface area contributed by atoms with Crippen LogP contribution in [0.15, 0.2) is 23.1 Å². The van der Waals surface area contributed by atoms with Gasteiger partial charge in [-0.2, -0.15) is 0 Å². The Morgan fingerprint density at radius 2 is 2.05 bits per heavy atom. The summed E-state index contributed by atoms with van der Waals surface area (Å²) in [4.78, 5) is 23.9. The summed E-state index contributed by atoms with van der Waals surface area (Å²) in [6.45, 7) is 0. The van der Waals surface area contributed by atoms with Gasteiger partial charge in [0.1, 0.15) is 0 Å². The number of benzene rings is 1. The fraction of sp³-hybridized carbons (Fsp3) is 0.385. The SMILES string of the molecule is COC(=O)c1cccc2c1NC(=O)C1(CC1)CS2(=O)=O. The molecule has 1 spiro atoms. The number of ether oxygens (including phenoxy) is 1. The molecular formula is C13H13NO5S. The number of anilines is 1. The lowest BCUT2D eigenvalue weighted by Gasteiger charge is -2.11. The molecule has 1 amide bonds. The van der Waals surface area contributed by atoms with Crippen LogP contribution in [0.25, 0.3) is 0 Å². The van der Waals surface area contributed by atoms with Gasteiger partial charge in [-0.25, -0.2) is 13.2 Å². The molecule has 0 saturated heterocycles. The van der Waals surface area contributed by atoms with E-state index in [1.807, 2.05) is 0 Å². The van der Waals surface area contributed by atoms with Crippen LogP contribution in [0.1, 0.15) is 23.2 Å². The third-order valence-electron chi connectivity index (χ3n) is 3.81. The van der Waals surface area contributed by atoms with E-state index in [0.717, 1.165) is 0 Å². The zero-order valence-corrected chi connectivity index (χ0v) is 11.6. The van der Waals surface area contributed by atoms with Crippen molar-refractivity contribution < 1.29 is 22.7 Å². The summed E-state index contributed by atoms with van der Waals surface area (Å²) < 4.78 is 29.5. The smallest absolute Gasteiger partial charge is 0.340 e. The molecule has 1 aliphatic carbocycles. The van der Waals surface area contributed by atoms with Gasteiger partial charge in [0.25, 0.3) is 0 Å². The summed E-state index contributed by atoms with van der Waals surface area (Å²) in [5.74, 6) is -1.22. The van der Waals surface area contributed by atoms with Gasteiger partial charge in [0, 0.05) is 0 Å². The molecule has 6 nitrogen and oxygen atoms in total. The molecule has 0 bridgehead atoms. The Labute approximate surface area is 116 Å². The molecule has 0 aromatic heterocycles. The number of methoxy groups -OCH3 is 1. The molecule has 1 aromatic carbocycles. The molecule has 0 unspecified atom stereocenters. The summed E-state index contributed by atoms with van der Waals surface area (Å²) in [5.41, 5.74) is -0.738. The number of fused-ring (bicyclic) bond motifs is 1. The number of rotatable bonds is 1. The Morgan fingerprint density at radius 1 is 1.35 bits per heavy atom. The lowest BCUT2D eigenvalue weighted by atomic mass is 10.1. The van der Waals surface area contributed by atoms with Crippen molar-refractivity contribution in [2.75, 3.05) is 18.2 Å². The van der Waals surface area contributed by atoms with Crippen molar-refractivity contribution in [3.8, 4) is 0 Å². The number of amides is 1. The van der Waals surface area contributed by atoms with Crippen molar-refractivity contribution in [1.82, 2.24) is 0 Å². The highest BCUT2D eigenvalue weighted by Gasteiger charge is 2.55. The largest absolute Gasteiger partial charge is 0.465 e. The summed E-state index contributed by atoms with van der Waals surface area (Å²) in [7, 11) is -2.41. The fourth-order valence-corrected chi connectivity index (χ4v) is 4.54. The first-order chi connectivity index (χ1) is 9.39. The van der Waals surface area contributed by atoms with Gasteiger partial charge in [-0.3, -0.25) is 4.79 Å². The van der Waals surface area contributed by atoms with E-state index >= 15 is 0 Å². The standard InChI is InChI=1S/C13H13NO5S/c1-19-11(15)8-3-2-4-9-10(8)14-12(16)13(5-6-13)7-20(9,17)18/h2-4H,5-7H2,1H3,(H,14,16). The second-order valence-corrected chi connectivity index (χ2v) is 7.12. The molecule has 1 aromatic rings. The van der Waals surface area contributed by atoms with Crippen LogP contribution in [-0.2, 0) is 19.4 Å². The number of hydrogen-bond acceptors (Lipinski definition) is 5. The van der Waals surface area contributed by atoms with Crippen LogP contribution in [0.3, 0.4) is 0 Å². The Balaban J connectivity index is 2.22. The number of hydrogen-bond donors (Lipinski definition) is 1. The topological polar surface area (TPSA) is 89.5 Å². The van der Waals surface area contributed by atoms with E-state index in [2.05, 4.69) is 10.1 Å². The van der Waals surface area contributed by atoms with Crippen LogP contribution < -0.4 is 5.32 Å². The average Bonchev–Trinajstić information content (AvgIpc) is 3.18. The molecule has 1 aliphatic heterocycles. The highest BCUT2D eigenvalue weighted by Crippen LogP contribution is 2.51. The third-order valence-corrected chi connectivity index (χ3v) is 5.75. The van der Waals surface area contributed by atoms with E-state index in [4.69, 9.17) is 0 Å². The number of sulfone groups is 1. The molecule has 1 saturated carbocycles. The molecule has 2 aliphatic rings. The van der Waals surface area contributed by atoms with Gasteiger partial charge in [-0.1, -0.05) is 6.07 Å². The number of para-hydroxylation sites is 1. The molecule has 0 atom stereocenters. The minimum Gasteiger partial charge on any atom is -0.465 e. The van der Waals surface area contributed by atoms with Gasteiger partial charge in [-0.15, -0.1) is 0 Å². The first-order valence-corrected chi connectivity index (χ1v) is 7.80. The maximum absolute atomic E-state index is 12.4. The number of nitrogens with one attached hydrogen (secondary N) is 1. The van der Waals surface area contributed by atoms with E-state index in [0.29, 0.717) is 12.8 Å². The molecule has 20 heavy (non-hydrogen) atoms. The third kappa shape index (κ3) is 1.81. The van der Waals surface area contributed by atoms with Gasteiger partial charge >= 0.3 is 5.97 Å². The monoisotopic (exact) mass is 295 g/mol. The molecule has 0 radical (unpaired) electrons. The molecule has 7 heteroatoms. The highest BCUT2D eigenvalue weighted by atomic mass is 32.2. The van der Waals surface area contributed by atoms with Crippen LogP contribution in [0.4, 0.5) is 5.69 Å². The van der Waals surface area contributed by atoms with Gasteiger partial charge in [0.05, 0.1) is 34.4 Å². The minimum atomic E-state index is -3.61. The highest BCUT2D eigenvalue weighted by molar-refractivity contribution is 7.91. The normalized spacial score (nSPS) is 21.6. The zero-order valence-electron chi connectivity index (χ0n) is 10.8. The van der Waals surface area contributed by atoms with Crippen molar-refractivity contribution in [3.63, 3.8) is 0 Å².